The second-order valence-electron chi connectivity index (χ2n) is 5.30. The van der Waals surface area contributed by atoms with E-state index in [2.05, 4.69) is 5.43 Å². The Labute approximate surface area is 111 Å². The van der Waals surface area contributed by atoms with E-state index in [0.717, 1.165) is 30.0 Å². The minimum atomic E-state index is -4.27. The summed E-state index contributed by atoms with van der Waals surface area (Å²) in [4.78, 5) is 0. The third-order valence-corrected chi connectivity index (χ3v) is 3.84. The van der Waals surface area contributed by atoms with E-state index in [-0.39, 0.29) is 6.04 Å². The quantitative estimate of drug-likeness (QED) is 0.637. The Hall–Kier alpha value is -1.07. The van der Waals surface area contributed by atoms with Crippen LogP contribution in [0.2, 0.25) is 0 Å². The average molecular weight is 272 g/mol. The average Bonchev–Trinajstić information content (AvgIpc) is 2.31. The fourth-order valence-corrected chi connectivity index (χ4v) is 2.46. The summed E-state index contributed by atoms with van der Waals surface area (Å²) in [6, 6.07) is 5.47. The minimum absolute atomic E-state index is 0.141. The van der Waals surface area contributed by atoms with Gasteiger partial charge in [0.1, 0.15) is 0 Å². The highest BCUT2D eigenvalue weighted by Crippen LogP contribution is 2.32. The number of halogens is 3. The molecule has 0 spiro atoms. The van der Waals surface area contributed by atoms with Gasteiger partial charge in [0.25, 0.3) is 0 Å². The molecule has 106 valence electrons. The Bertz CT molecular complexity index is 396. The highest BCUT2D eigenvalue weighted by atomic mass is 19.4. The van der Waals surface area contributed by atoms with Gasteiger partial charge in [-0.1, -0.05) is 31.4 Å². The molecule has 2 nitrogen and oxygen atoms in total. The van der Waals surface area contributed by atoms with Crippen molar-refractivity contribution in [1.29, 1.82) is 0 Å². The molecular weight excluding hydrogens is 253 g/mol. The zero-order chi connectivity index (χ0) is 13.9. The number of hydrazine groups is 1. The summed E-state index contributed by atoms with van der Waals surface area (Å²) in [5, 5.41) is 0. The number of nitrogens with two attached hydrogens (primary N) is 1. The first kappa shape index (κ1) is 14.3. The molecule has 3 N–H and O–H groups in total. The topological polar surface area (TPSA) is 38.0 Å². The zero-order valence-electron chi connectivity index (χ0n) is 10.7. The molecule has 1 aliphatic carbocycles. The molecule has 0 aromatic heterocycles. The van der Waals surface area contributed by atoms with E-state index >= 15 is 0 Å². The van der Waals surface area contributed by atoms with Crippen molar-refractivity contribution in [1.82, 2.24) is 5.43 Å². The van der Waals surface area contributed by atoms with E-state index in [9.17, 15) is 13.2 Å². The number of alkyl halides is 3. The maximum atomic E-state index is 12.4. The van der Waals surface area contributed by atoms with Gasteiger partial charge in [-0.25, -0.2) is 0 Å². The minimum Gasteiger partial charge on any atom is -0.271 e. The SMILES string of the molecule is NNC(Cc1ccc(C(F)(F)F)cc1)CC1CCC1. The van der Waals surface area contributed by atoms with E-state index in [4.69, 9.17) is 5.84 Å². The Morgan fingerprint density at radius 3 is 2.26 bits per heavy atom. The van der Waals surface area contributed by atoms with Crippen LogP contribution in [0.1, 0.15) is 36.8 Å². The predicted molar refractivity (Wildman–Crippen MR) is 68.2 cm³/mol. The van der Waals surface area contributed by atoms with Crippen LogP contribution in [0.4, 0.5) is 13.2 Å². The van der Waals surface area contributed by atoms with Crippen LogP contribution >= 0.6 is 0 Å². The van der Waals surface area contributed by atoms with Gasteiger partial charge in [0.05, 0.1) is 5.56 Å². The molecule has 1 atom stereocenters. The zero-order valence-corrected chi connectivity index (χ0v) is 10.7. The molecule has 1 saturated carbocycles. The Morgan fingerprint density at radius 1 is 1.21 bits per heavy atom. The summed E-state index contributed by atoms with van der Waals surface area (Å²) in [6.45, 7) is 0. The lowest BCUT2D eigenvalue weighted by molar-refractivity contribution is -0.137. The van der Waals surface area contributed by atoms with E-state index in [1.165, 1.54) is 31.4 Å². The second-order valence-corrected chi connectivity index (χ2v) is 5.30. The van der Waals surface area contributed by atoms with Gasteiger partial charge in [0.15, 0.2) is 0 Å². The first-order valence-electron chi connectivity index (χ1n) is 6.61. The Morgan fingerprint density at radius 2 is 1.84 bits per heavy atom. The molecule has 1 unspecified atom stereocenters. The molecule has 0 radical (unpaired) electrons. The van der Waals surface area contributed by atoms with Crippen LogP contribution in [0.3, 0.4) is 0 Å². The van der Waals surface area contributed by atoms with Crippen LogP contribution in [0.5, 0.6) is 0 Å². The number of nitrogens with one attached hydrogen (secondary N) is 1. The van der Waals surface area contributed by atoms with E-state index in [1.54, 1.807) is 0 Å². The fraction of sp³-hybridized carbons (Fsp3) is 0.571. The maximum absolute atomic E-state index is 12.4. The summed E-state index contributed by atoms with van der Waals surface area (Å²) >= 11 is 0. The molecule has 0 aliphatic heterocycles. The molecule has 2 rings (SSSR count). The summed E-state index contributed by atoms with van der Waals surface area (Å²) in [5.41, 5.74) is 3.05. The number of rotatable bonds is 5. The van der Waals surface area contributed by atoms with Gasteiger partial charge >= 0.3 is 6.18 Å². The van der Waals surface area contributed by atoms with Crippen LogP contribution in [0, 0.1) is 5.92 Å². The second kappa shape index (κ2) is 5.92. The van der Waals surface area contributed by atoms with Crippen molar-refractivity contribution >= 4 is 0 Å². The highest BCUT2D eigenvalue weighted by Gasteiger charge is 2.30. The lowest BCUT2D eigenvalue weighted by Gasteiger charge is -2.29. The molecule has 0 heterocycles. The molecule has 1 aromatic carbocycles. The van der Waals surface area contributed by atoms with Gasteiger partial charge in [-0.05, 0) is 36.5 Å². The number of hydrogen-bond acceptors (Lipinski definition) is 2. The van der Waals surface area contributed by atoms with Gasteiger partial charge in [-0.15, -0.1) is 0 Å². The van der Waals surface area contributed by atoms with Gasteiger partial charge in [-0.2, -0.15) is 13.2 Å². The van der Waals surface area contributed by atoms with Crippen molar-refractivity contribution in [3.63, 3.8) is 0 Å². The van der Waals surface area contributed by atoms with Crippen LogP contribution in [-0.4, -0.2) is 6.04 Å². The molecule has 1 aromatic rings. The molecule has 0 bridgehead atoms. The van der Waals surface area contributed by atoms with Crippen molar-refractivity contribution in [2.24, 2.45) is 11.8 Å². The van der Waals surface area contributed by atoms with E-state index < -0.39 is 11.7 Å². The van der Waals surface area contributed by atoms with Crippen molar-refractivity contribution in [3.05, 3.63) is 35.4 Å². The number of benzene rings is 1. The van der Waals surface area contributed by atoms with Crippen LogP contribution < -0.4 is 11.3 Å². The molecule has 5 heteroatoms. The molecular formula is C14H19F3N2. The van der Waals surface area contributed by atoms with Crippen molar-refractivity contribution in [2.45, 2.75) is 44.3 Å². The molecule has 19 heavy (non-hydrogen) atoms. The van der Waals surface area contributed by atoms with Crippen LogP contribution in [0.15, 0.2) is 24.3 Å². The summed E-state index contributed by atoms with van der Waals surface area (Å²) in [7, 11) is 0. The first-order chi connectivity index (χ1) is 8.99. The molecule has 1 fully saturated rings. The lowest BCUT2D eigenvalue weighted by atomic mass is 9.80. The third-order valence-electron chi connectivity index (χ3n) is 3.84. The molecule has 1 aliphatic rings. The van der Waals surface area contributed by atoms with E-state index in [0.29, 0.717) is 6.42 Å². The summed E-state index contributed by atoms with van der Waals surface area (Å²) in [5.74, 6) is 6.23. The van der Waals surface area contributed by atoms with Gasteiger partial charge in [0, 0.05) is 6.04 Å². The first-order valence-corrected chi connectivity index (χ1v) is 6.61. The third kappa shape index (κ3) is 3.94. The Kier molecular flexibility index (Phi) is 4.47. The smallest absolute Gasteiger partial charge is 0.271 e. The summed E-state index contributed by atoms with van der Waals surface area (Å²) in [6.07, 6.45) is 1.16. The largest absolute Gasteiger partial charge is 0.416 e. The fourth-order valence-electron chi connectivity index (χ4n) is 2.46. The standard InChI is InChI=1S/C14H19F3N2/c15-14(16,17)12-6-4-11(5-7-12)9-13(19-18)8-10-2-1-3-10/h4-7,10,13,19H,1-3,8-9,18H2. The van der Waals surface area contributed by atoms with E-state index in [1.807, 2.05) is 0 Å². The lowest BCUT2D eigenvalue weighted by Crippen LogP contribution is -2.39. The predicted octanol–water partition coefficient (Wildman–Crippen LogP) is 3.27. The van der Waals surface area contributed by atoms with Gasteiger partial charge < -0.3 is 0 Å². The van der Waals surface area contributed by atoms with Crippen LogP contribution in [-0.2, 0) is 12.6 Å². The summed E-state index contributed by atoms with van der Waals surface area (Å²) < 4.78 is 37.3. The normalized spacial score (nSPS) is 18.1. The van der Waals surface area contributed by atoms with Gasteiger partial charge in [0.2, 0.25) is 0 Å². The number of hydrogen-bond donors (Lipinski definition) is 2. The van der Waals surface area contributed by atoms with Crippen LogP contribution in [0.25, 0.3) is 0 Å². The van der Waals surface area contributed by atoms with Crippen molar-refractivity contribution in [2.75, 3.05) is 0 Å². The molecule has 0 amide bonds. The van der Waals surface area contributed by atoms with Crippen molar-refractivity contribution in [3.8, 4) is 0 Å². The van der Waals surface area contributed by atoms with Crippen molar-refractivity contribution < 1.29 is 13.2 Å². The Balaban J connectivity index is 1.93. The highest BCUT2D eigenvalue weighted by molar-refractivity contribution is 5.25. The van der Waals surface area contributed by atoms with Gasteiger partial charge in [-0.3, -0.25) is 11.3 Å². The monoisotopic (exact) mass is 272 g/mol. The maximum Gasteiger partial charge on any atom is 0.416 e. The molecule has 0 saturated heterocycles.